The Morgan fingerprint density at radius 3 is 2.19 bits per heavy atom. The molecule has 0 saturated carbocycles. The number of pyridine rings is 1. The molecule has 4 nitrogen and oxygen atoms in total. The average molecular weight is 881 g/mol. The number of para-hydroxylation sites is 4. The van der Waals surface area contributed by atoms with Crippen molar-refractivity contribution in [2.24, 2.45) is 0 Å². The average Bonchev–Trinajstić information content (AvgIpc) is 3.72. The maximum Gasteiger partial charge on any atom is 0.120 e. The maximum atomic E-state index is 7.88. The second kappa shape index (κ2) is 15.2. The van der Waals surface area contributed by atoms with Gasteiger partial charge in [-0.3, -0.25) is 4.98 Å². The van der Waals surface area contributed by atoms with Crippen molar-refractivity contribution in [3.05, 3.63) is 144 Å². The number of imidazole rings is 1. The molecule has 5 aromatic carbocycles. The third kappa shape index (κ3) is 7.34. The summed E-state index contributed by atoms with van der Waals surface area (Å²) in [6.07, 6.45) is 1.82. The number of hydrogen-bond acceptors (Lipinski definition) is 3. The third-order valence-electron chi connectivity index (χ3n) is 9.27. The monoisotopic (exact) mass is 881 g/mol. The predicted octanol–water partition coefficient (Wildman–Crippen LogP) is 12.0. The minimum atomic E-state index is -2.47. The molecular formula is C46H45IrN3OSi-2. The Bertz CT molecular complexity index is 2660. The van der Waals surface area contributed by atoms with E-state index >= 15 is 0 Å². The fourth-order valence-electron chi connectivity index (χ4n) is 6.48. The Balaban J connectivity index is 0.000000208. The van der Waals surface area contributed by atoms with E-state index < -0.39 is 14.9 Å². The first-order chi connectivity index (χ1) is 26.5. The molecule has 3 aromatic heterocycles. The number of rotatable bonds is 6. The van der Waals surface area contributed by atoms with E-state index in [1.54, 1.807) is 0 Å². The molecule has 8 rings (SSSR count). The number of fused-ring (bicyclic) bond motifs is 4. The molecule has 3 heterocycles. The summed E-state index contributed by atoms with van der Waals surface area (Å²) in [5, 5.41) is 3.41. The molecule has 0 amide bonds. The van der Waals surface area contributed by atoms with Gasteiger partial charge in [-0.2, -0.15) is 0 Å². The molecule has 0 spiro atoms. The summed E-state index contributed by atoms with van der Waals surface area (Å²) in [5.74, 6) is 1.67. The van der Waals surface area contributed by atoms with Crippen LogP contribution >= 0.6 is 0 Å². The Morgan fingerprint density at radius 2 is 1.52 bits per heavy atom. The van der Waals surface area contributed by atoms with Gasteiger partial charge in [0.05, 0.1) is 30.5 Å². The standard InChI is InChI=1S/C31H27N2O.C15H18NSi.Ir/c1-19(2)22-11-9-12-23(20(3)4)30(22)33-27-14-7-6-13-26(27)32-31(33)21-16-17-29-25(18-21)24-10-5-8-15-28(24)34-29;1-12-5-7-13(8-6-12)15-10-9-14(11-16-15)17(2,3)4;/h5-15,17-20H,1-4H3;5-7,9-11H,1-4H3;/q2*-1;/i;1D3,5D,6D;. The van der Waals surface area contributed by atoms with Gasteiger partial charge in [0, 0.05) is 44.2 Å². The van der Waals surface area contributed by atoms with Crippen molar-refractivity contribution in [1.82, 2.24) is 14.5 Å². The van der Waals surface area contributed by atoms with Gasteiger partial charge in [-0.05, 0) is 52.0 Å². The van der Waals surface area contributed by atoms with Crippen LogP contribution in [0.2, 0.25) is 19.6 Å². The van der Waals surface area contributed by atoms with E-state index in [-0.39, 0.29) is 37.8 Å². The van der Waals surface area contributed by atoms with Crippen LogP contribution in [-0.4, -0.2) is 22.6 Å². The Labute approximate surface area is 329 Å². The van der Waals surface area contributed by atoms with Gasteiger partial charge >= 0.3 is 0 Å². The number of benzene rings is 5. The van der Waals surface area contributed by atoms with Crippen LogP contribution in [0.1, 0.15) is 63.1 Å². The molecule has 0 N–H and O–H groups in total. The van der Waals surface area contributed by atoms with E-state index in [1.165, 1.54) is 28.1 Å². The fourth-order valence-corrected chi connectivity index (χ4v) is 7.52. The van der Waals surface area contributed by atoms with Crippen molar-refractivity contribution in [1.29, 1.82) is 0 Å². The summed E-state index contributed by atoms with van der Waals surface area (Å²) in [5.41, 5.74) is 9.48. The van der Waals surface area contributed by atoms with Gasteiger partial charge in [-0.1, -0.05) is 120 Å². The first-order valence-electron chi connectivity index (χ1n) is 20.0. The summed E-state index contributed by atoms with van der Waals surface area (Å²) >= 11 is 0. The van der Waals surface area contributed by atoms with Crippen LogP contribution in [0.25, 0.3) is 61.3 Å². The molecule has 52 heavy (non-hydrogen) atoms. The van der Waals surface area contributed by atoms with E-state index in [1.807, 2.05) is 36.5 Å². The van der Waals surface area contributed by atoms with Gasteiger partial charge in [-0.15, -0.1) is 59.1 Å². The summed E-state index contributed by atoms with van der Waals surface area (Å²) in [4.78, 5) is 9.52. The zero-order valence-corrected chi connectivity index (χ0v) is 33.9. The van der Waals surface area contributed by atoms with Crippen LogP contribution in [0.5, 0.6) is 0 Å². The van der Waals surface area contributed by atoms with Crippen molar-refractivity contribution in [3.63, 3.8) is 0 Å². The molecule has 1 radical (unpaired) electrons. The van der Waals surface area contributed by atoms with Crippen molar-refractivity contribution in [2.75, 3.05) is 0 Å². The zero-order valence-electron chi connectivity index (χ0n) is 35.6. The van der Waals surface area contributed by atoms with Gasteiger partial charge in [-0.25, -0.2) is 0 Å². The minimum absolute atomic E-state index is 0. The van der Waals surface area contributed by atoms with Crippen LogP contribution in [0, 0.1) is 19.0 Å². The summed E-state index contributed by atoms with van der Waals surface area (Å²) in [7, 11) is -1.43. The first kappa shape index (κ1) is 31.0. The zero-order chi connectivity index (χ0) is 40.1. The first-order valence-corrected chi connectivity index (χ1v) is 21.0. The Hall–Kier alpha value is -4.61. The Kier molecular flexibility index (Phi) is 9.03. The van der Waals surface area contributed by atoms with E-state index in [9.17, 15) is 0 Å². The van der Waals surface area contributed by atoms with Crippen LogP contribution < -0.4 is 5.19 Å². The largest absolute Gasteiger partial charge is 0.500 e. The molecule has 0 saturated heterocycles. The predicted molar refractivity (Wildman–Crippen MR) is 217 cm³/mol. The SMILES string of the molecule is CC(C)c1cccc(C(C)C)c1-n1c(-c2[c-]cc3oc4ccccc4c3c2)nc2ccccc21.[2H]c1[c-]c(-c2ccc([Si](C)(C)C)cn2)cc([2H])c1C([2H])([2H])[2H].[Ir]. The molecule has 0 aliphatic heterocycles. The number of aromatic nitrogens is 3. The molecule has 0 bridgehead atoms. The van der Waals surface area contributed by atoms with Crippen molar-refractivity contribution in [3.8, 4) is 28.3 Å². The smallest absolute Gasteiger partial charge is 0.120 e. The summed E-state index contributed by atoms with van der Waals surface area (Å²) in [6, 6.07) is 38.4. The van der Waals surface area contributed by atoms with Crippen LogP contribution in [0.3, 0.4) is 0 Å². The van der Waals surface area contributed by atoms with Crippen LogP contribution in [0.4, 0.5) is 0 Å². The number of nitrogens with zero attached hydrogens (tertiary/aromatic N) is 3. The van der Waals surface area contributed by atoms with Crippen molar-refractivity contribution in [2.45, 2.75) is 66.0 Å². The van der Waals surface area contributed by atoms with E-state index in [4.69, 9.17) is 16.3 Å². The van der Waals surface area contributed by atoms with E-state index in [0.29, 0.717) is 23.1 Å². The molecule has 0 atom stereocenters. The topological polar surface area (TPSA) is 43.9 Å². The number of hydrogen-bond donors (Lipinski definition) is 0. The van der Waals surface area contributed by atoms with Gasteiger partial charge in [0.1, 0.15) is 5.58 Å². The molecule has 6 heteroatoms. The minimum Gasteiger partial charge on any atom is -0.500 e. The van der Waals surface area contributed by atoms with E-state index in [0.717, 1.165) is 44.4 Å². The molecule has 8 aromatic rings. The second-order valence-corrected chi connectivity index (χ2v) is 19.7. The van der Waals surface area contributed by atoms with Crippen molar-refractivity contribution >= 4 is 46.2 Å². The van der Waals surface area contributed by atoms with E-state index in [2.05, 4.69) is 130 Å². The summed E-state index contributed by atoms with van der Waals surface area (Å²) < 4.78 is 46.3. The quantitative estimate of drug-likeness (QED) is 0.123. The number of furan rings is 1. The molecule has 0 unspecified atom stereocenters. The van der Waals surface area contributed by atoms with Gasteiger partial charge in [0.25, 0.3) is 0 Å². The van der Waals surface area contributed by atoms with Crippen LogP contribution in [-0.2, 0) is 20.1 Å². The third-order valence-corrected chi connectivity index (χ3v) is 11.3. The molecular weight excluding hydrogens is 831 g/mol. The van der Waals surface area contributed by atoms with Gasteiger partial charge in [0.2, 0.25) is 0 Å². The van der Waals surface area contributed by atoms with Crippen LogP contribution in [0.15, 0.2) is 120 Å². The second-order valence-electron chi connectivity index (χ2n) is 14.6. The molecule has 0 aliphatic carbocycles. The molecule has 0 aliphatic rings. The maximum absolute atomic E-state index is 7.88. The van der Waals surface area contributed by atoms with Gasteiger partial charge < -0.3 is 14.0 Å². The normalized spacial score (nSPS) is 13.3. The molecule has 0 fully saturated rings. The van der Waals surface area contributed by atoms with Crippen molar-refractivity contribution < 1.29 is 31.4 Å². The fraction of sp³-hybridized carbons (Fsp3) is 0.217. The summed E-state index contributed by atoms with van der Waals surface area (Å²) in [6.45, 7) is 13.3. The Morgan fingerprint density at radius 1 is 0.788 bits per heavy atom. The molecule has 265 valence electrons. The van der Waals surface area contributed by atoms with Gasteiger partial charge in [0.15, 0.2) is 0 Å².